The third-order valence-corrected chi connectivity index (χ3v) is 6.09. The van der Waals surface area contributed by atoms with Crippen LogP contribution in [-0.2, 0) is 17.8 Å². The lowest BCUT2D eigenvalue weighted by Crippen LogP contribution is -2.43. The minimum Gasteiger partial charge on any atom is -0.355 e. The molecule has 0 radical (unpaired) electrons. The highest BCUT2D eigenvalue weighted by Crippen LogP contribution is 2.24. The fourth-order valence-electron chi connectivity index (χ4n) is 3.43. The van der Waals surface area contributed by atoms with Gasteiger partial charge in [-0.05, 0) is 42.7 Å². The fraction of sp³-hybridized carbons (Fsp3) is 0.550. The van der Waals surface area contributed by atoms with Gasteiger partial charge in [-0.15, -0.1) is 10.2 Å². The topological polar surface area (TPSA) is 83.9 Å². The average molecular weight is 481 g/mol. The number of hydrazine groups is 1. The number of carbonyl (C=O) groups is 1. The summed E-state index contributed by atoms with van der Waals surface area (Å²) in [6.45, 7) is 5.93. The van der Waals surface area contributed by atoms with Crippen LogP contribution < -0.4 is 16.2 Å². The van der Waals surface area contributed by atoms with E-state index in [2.05, 4.69) is 72.8 Å². The number of nitrogens with zero attached hydrogens (tertiary/aromatic N) is 3. The van der Waals surface area contributed by atoms with Crippen LogP contribution in [0.15, 0.2) is 33.9 Å². The maximum atomic E-state index is 12.5. The first-order valence-corrected chi connectivity index (χ1v) is 12.0. The smallest absolute Gasteiger partial charge is 0.238 e. The summed E-state index contributed by atoms with van der Waals surface area (Å²) in [4.78, 5) is 12.5. The van der Waals surface area contributed by atoms with Gasteiger partial charge in [-0.2, -0.15) is 0 Å². The van der Waals surface area contributed by atoms with E-state index in [4.69, 9.17) is 0 Å². The summed E-state index contributed by atoms with van der Waals surface area (Å²) in [5.41, 5.74) is 7.51. The first kappa shape index (κ1) is 22.3. The Hall–Kier alpha value is -1.42. The molecule has 158 valence electrons. The van der Waals surface area contributed by atoms with Gasteiger partial charge in [-0.25, -0.2) is 10.9 Å². The van der Waals surface area contributed by atoms with Crippen molar-refractivity contribution in [2.75, 3.05) is 12.8 Å². The molecule has 1 aromatic heterocycles. The highest BCUT2D eigenvalue weighted by Gasteiger charge is 2.29. The molecule has 29 heavy (non-hydrogen) atoms. The van der Waals surface area contributed by atoms with Gasteiger partial charge in [0.25, 0.3) is 0 Å². The Kier molecular flexibility index (Phi) is 8.11. The lowest BCUT2D eigenvalue weighted by atomic mass is 10.0. The van der Waals surface area contributed by atoms with Crippen molar-refractivity contribution in [1.29, 1.82) is 0 Å². The molecule has 3 rings (SSSR count). The first-order valence-electron chi connectivity index (χ1n) is 9.98. The molecule has 1 saturated heterocycles. The Labute approximate surface area is 184 Å². The van der Waals surface area contributed by atoms with Crippen molar-refractivity contribution < 1.29 is 4.79 Å². The lowest BCUT2D eigenvalue weighted by molar-refractivity contribution is -0.122. The molecule has 1 aliphatic heterocycles. The third kappa shape index (κ3) is 6.04. The number of benzene rings is 1. The zero-order valence-electron chi connectivity index (χ0n) is 17.1. The summed E-state index contributed by atoms with van der Waals surface area (Å²) >= 11 is 5.07. The highest BCUT2D eigenvalue weighted by atomic mass is 79.9. The maximum Gasteiger partial charge on any atom is 0.238 e. The zero-order valence-corrected chi connectivity index (χ0v) is 19.5. The number of rotatable bonds is 9. The molecular weight excluding hydrogens is 452 g/mol. The van der Waals surface area contributed by atoms with Gasteiger partial charge in [0.1, 0.15) is 11.9 Å². The van der Waals surface area contributed by atoms with Crippen LogP contribution in [0.5, 0.6) is 0 Å². The van der Waals surface area contributed by atoms with E-state index < -0.39 is 0 Å². The van der Waals surface area contributed by atoms with Gasteiger partial charge in [0.15, 0.2) is 5.16 Å². The van der Waals surface area contributed by atoms with E-state index in [-0.39, 0.29) is 18.0 Å². The van der Waals surface area contributed by atoms with E-state index in [0.717, 1.165) is 41.3 Å². The van der Waals surface area contributed by atoms with E-state index in [1.807, 2.05) is 18.4 Å². The molecule has 3 N–H and O–H groups in total. The van der Waals surface area contributed by atoms with Crippen molar-refractivity contribution >= 4 is 33.6 Å². The van der Waals surface area contributed by atoms with Crippen LogP contribution in [0.3, 0.4) is 0 Å². The molecule has 2 unspecified atom stereocenters. The van der Waals surface area contributed by atoms with Gasteiger partial charge in [0, 0.05) is 30.0 Å². The molecule has 0 saturated carbocycles. The van der Waals surface area contributed by atoms with Gasteiger partial charge < -0.3 is 9.88 Å². The Bertz CT molecular complexity index is 810. The summed E-state index contributed by atoms with van der Waals surface area (Å²) in [5, 5.41) is 12.6. The fourth-order valence-corrected chi connectivity index (χ4v) is 4.21. The van der Waals surface area contributed by atoms with E-state index in [9.17, 15) is 4.79 Å². The summed E-state index contributed by atoms with van der Waals surface area (Å²) in [6, 6.07) is 8.09. The summed E-state index contributed by atoms with van der Waals surface area (Å²) in [7, 11) is 0. The number of aromatic nitrogens is 3. The molecular formula is C20H29BrN6OS. The molecule has 7 nitrogen and oxygen atoms in total. The monoisotopic (exact) mass is 480 g/mol. The minimum absolute atomic E-state index is 0.0329. The van der Waals surface area contributed by atoms with Crippen molar-refractivity contribution in [2.45, 2.75) is 56.9 Å². The lowest BCUT2D eigenvalue weighted by Gasteiger charge is -2.13. The summed E-state index contributed by atoms with van der Waals surface area (Å²) < 4.78 is 3.25. The molecule has 1 aromatic carbocycles. The largest absolute Gasteiger partial charge is 0.355 e. The Morgan fingerprint density at radius 1 is 1.31 bits per heavy atom. The zero-order chi connectivity index (χ0) is 20.8. The van der Waals surface area contributed by atoms with Crippen LogP contribution in [0.4, 0.5) is 0 Å². The Balaban J connectivity index is 1.44. The summed E-state index contributed by atoms with van der Waals surface area (Å²) in [6.07, 6.45) is 4.40. The van der Waals surface area contributed by atoms with Crippen LogP contribution >= 0.6 is 27.7 Å². The van der Waals surface area contributed by atoms with E-state index >= 15 is 0 Å². The van der Waals surface area contributed by atoms with E-state index in [0.29, 0.717) is 12.5 Å². The maximum absolute atomic E-state index is 12.5. The first-order chi connectivity index (χ1) is 14.0. The average Bonchev–Trinajstić information content (AvgIpc) is 3.33. The number of carbonyl (C=O) groups excluding carboxylic acids is 1. The second-order valence-electron chi connectivity index (χ2n) is 7.68. The molecule has 1 aliphatic rings. The van der Waals surface area contributed by atoms with Crippen LogP contribution in [0, 0.1) is 5.92 Å². The molecule has 1 amide bonds. The standard InChI is InChI=1S/C20H29BrN6OS/c1-13(2)12-27-18(25-26-20(27)29-3)5-4-10-22-19(28)17-11-16(23-24-17)14-6-8-15(21)9-7-14/h6-9,13,16-17,23-24H,4-5,10-12H2,1-3H3,(H,22,28). The number of hydrogen-bond acceptors (Lipinski definition) is 6. The SMILES string of the molecule is CSc1nnc(CCCNC(=O)C2CC(c3ccc(Br)cc3)NN2)n1CC(C)C. The number of nitrogens with one attached hydrogen (secondary N) is 3. The van der Waals surface area contributed by atoms with Crippen LogP contribution in [0.1, 0.15) is 44.1 Å². The van der Waals surface area contributed by atoms with Gasteiger partial charge in [-0.3, -0.25) is 4.79 Å². The van der Waals surface area contributed by atoms with Crippen LogP contribution in [0.25, 0.3) is 0 Å². The minimum atomic E-state index is -0.226. The second kappa shape index (κ2) is 10.6. The molecule has 0 bridgehead atoms. The molecule has 9 heteroatoms. The van der Waals surface area contributed by atoms with Crippen molar-refractivity contribution in [3.05, 3.63) is 40.1 Å². The van der Waals surface area contributed by atoms with Crippen molar-refractivity contribution in [3.8, 4) is 0 Å². The number of thioether (sulfide) groups is 1. The number of hydrogen-bond donors (Lipinski definition) is 3. The number of halogens is 1. The normalized spacial score (nSPS) is 19.1. The second-order valence-corrected chi connectivity index (χ2v) is 9.37. The van der Waals surface area contributed by atoms with Crippen molar-refractivity contribution in [2.24, 2.45) is 5.92 Å². The quantitative estimate of drug-likeness (QED) is 0.377. The van der Waals surface area contributed by atoms with Gasteiger partial charge in [-0.1, -0.05) is 53.7 Å². The molecule has 0 aliphatic carbocycles. The molecule has 2 atom stereocenters. The predicted molar refractivity (Wildman–Crippen MR) is 120 cm³/mol. The predicted octanol–water partition coefficient (Wildman–Crippen LogP) is 3.08. The van der Waals surface area contributed by atoms with Crippen molar-refractivity contribution in [1.82, 2.24) is 30.9 Å². The summed E-state index contributed by atoms with van der Waals surface area (Å²) in [5.74, 6) is 1.56. The number of aryl methyl sites for hydroxylation is 1. The van der Waals surface area contributed by atoms with Gasteiger partial charge in [0.2, 0.25) is 5.91 Å². The van der Waals surface area contributed by atoms with E-state index in [1.54, 1.807) is 11.8 Å². The molecule has 0 spiro atoms. The Morgan fingerprint density at radius 2 is 2.07 bits per heavy atom. The number of amides is 1. The Morgan fingerprint density at radius 3 is 2.76 bits per heavy atom. The highest BCUT2D eigenvalue weighted by molar-refractivity contribution is 9.10. The molecule has 2 aromatic rings. The van der Waals surface area contributed by atoms with Gasteiger partial charge >= 0.3 is 0 Å². The molecule has 1 fully saturated rings. The molecule has 2 heterocycles. The van der Waals surface area contributed by atoms with E-state index in [1.165, 1.54) is 5.56 Å². The van der Waals surface area contributed by atoms with Crippen molar-refractivity contribution in [3.63, 3.8) is 0 Å². The van der Waals surface area contributed by atoms with Crippen LogP contribution in [-0.4, -0.2) is 39.5 Å². The third-order valence-electron chi connectivity index (χ3n) is 4.89. The van der Waals surface area contributed by atoms with Gasteiger partial charge in [0.05, 0.1) is 0 Å². The van der Waals surface area contributed by atoms with Crippen LogP contribution in [0.2, 0.25) is 0 Å².